The summed E-state index contributed by atoms with van der Waals surface area (Å²) < 4.78 is 1.74. The minimum atomic E-state index is 0.866. The molecule has 0 aromatic carbocycles. The van der Waals surface area contributed by atoms with Crippen LogP contribution in [0.5, 0.6) is 0 Å². The molecular weight excluding hydrogens is 150 g/mol. The van der Waals surface area contributed by atoms with Gasteiger partial charge in [0.25, 0.3) is 0 Å². The third-order valence-electron chi connectivity index (χ3n) is 1.75. The number of hydrogen-bond donors (Lipinski definition) is 0. The first kappa shape index (κ1) is 7.03. The van der Waals surface area contributed by atoms with Gasteiger partial charge in [-0.05, 0) is 18.6 Å². The summed E-state index contributed by atoms with van der Waals surface area (Å²) in [6.45, 7) is 5.84. The predicted molar refractivity (Wildman–Crippen MR) is 47.7 cm³/mol. The highest BCUT2D eigenvalue weighted by molar-refractivity contribution is 5.72. The van der Waals surface area contributed by atoms with Gasteiger partial charge in [-0.3, -0.25) is 0 Å². The molecule has 0 radical (unpaired) electrons. The van der Waals surface area contributed by atoms with E-state index in [2.05, 4.69) is 16.7 Å². The summed E-state index contributed by atoms with van der Waals surface area (Å²) in [6, 6.07) is 1.92. The van der Waals surface area contributed by atoms with Crippen molar-refractivity contribution >= 4 is 11.2 Å². The molecule has 12 heavy (non-hydrogen) atoms. The molecule has 60 valence electrons. The molecule has 0 spiro atoms. The van der Waals surface area contributed by atoms with E-state index in [1.807, 2.05) is 19.2 Å². The number of imidazole rings is 1. The fourth-order valence-electron chi connectivity index (χ4n) is 1.17. The quantitative estimate of drug-likeness (QED) is 0.634. The number of rotatable bonds is 1. The summed E-state index contributed by atoms with van der Waals surface area (Å²) in [7, 11) is 0. The summed E-state index contributed by atoms with van der Waals surface area (Å²) in [5.41, 5.74) is 2.92. The van der Waals surface area contributed by atoms with Crippen LogP contribution in [-0.4, -0.2) is 14.6 Å². The molecule has 0 amide bonds. The summed E-state index contributed by atoms with van der Waals surface area (Å²) in [4.78, 5) is 4.18. The fraction of sp³-hybridized carbons (Fsp3) is 0.111. The lowest BCUT2D eigenvalue weighted by Crippen LogP contribution is -1.92. The van der Waals surface area contributed by atoms with Gasteiger partial charge >= 0.3 is 0 Å². The fourth-order valence-corrected chi connectivity index (χ4v) is 1.17. The van der Waals surface area contributed by atoms with E-state index in [0.717, 1.165) is 16.8 Å². The van der Waals surface area contributed by atoms with Crippen LogP contribution in [0.4, 0.5) is 0 Å². The zero-order valence-corrected chi connectivity index (χ0v) is 6.86. The molecule has 3 heteroatoms. The molecule has 2 aromatic rings. The highest BCUT2D eigenvalue weighted by atomic mass is 15.2. The summed E-state index contributed by atoms with van der Waals surface area (Å²) in [5.74, 6) is 0. The van der Waals surface area contributed by atoms with Crippen LogP contribution in [0.25, 0.3) is 11.2 Å². The van der Waals surface area contributed by atoms with Gasteiger partial charge in [-0.25, -0.2) is 9.50 Å². The molecule has 2 aromatic heterocycles. The number of hydrogen-bond acceptors (Lipinski definition) is 2. The van der Waals surface area contributed by atoms with Crippen molar-refractivity contribution in [3.63, 3.8) is 0 Å². The molecule has 0 unspecified atom stereocenters. The van der Waals surface area contributed by atoms with E-state index >= 15 is 0 Å². The zero-order chi connectivity index (χ0) is 8.55. The Balaban J connectivity index is 2.82. The van der Waals surface area contributed by atoms with Crippen LogP contribution < -0.4 is 0 Å². The molecule has 0 aliphatic rings. The second-order valence-electron chi connectivity index (χ2n) is 2.72. The maximum atomic E-state index is 4.18. The maximum Gasteiger partial charge on any atom is 0.160 e. The van der Waals surface area contributed by atoms with Crippen LogP contribution in [0.2, 0.25) is 0 Å². The van der Waals surface area contributed by atoms with Gasteiger partial charge in [0, 0.05) is 24.2 Å². The van der Waals surface area contributed by atoms with Crippen LogP contribution in [0.15, 0.2) is 31.2 Å². The largest absolute Gasteiger partial charge is 0.235 e. The SMILES string of the molecule is C=C(C)c1ccnn2ccnc12. The molecule has 2 rings (SSSR count). The van der Waals surface area contributed by atoms with E-state index in [1.54, 1.807) is 16.9 Å². The lowest BCUT2D eigenvalue weighted by atomic mass is 10.1. The molecular formula is C9H9N3. The van der Waals surface area contributed by atoms with Crippen LogP contribution in [-0.2, 0) is 0 Å². The van der Waals surface area contributed by atoms with Crippen LogP contribution >= 0.6 is 0 Å². The first-order valence-corrected chi connectivity index (χ1v) is 3.73. The predicted octanol–water partition coefficient (Wildman–Crippen LogP) is 1.76. The molecule has 0 aliphatic carbocycles. The number of aromatic nitrogens is 3. The van der Waals surface area contributed by atoms with Gasteiger partial charge in [-0.15, -0.1) is 0 Å². The second kappa shape index (κ2) is 2.44. The Hall–Kier alpha value is -1.64. The van der Waals surface area contributed by atoms with Crippen molar-refractivity contribution in [2.75, 3.05) is 0 Å². The summed E-state index contributed by atoms with van der Waals surface area (Å²) in [6.07, 6.45) is 5.30. The maximum absolute atomic E-state index is 4.18. The van der Waals surface area contributed by atoms with Crippen LogP contribution in [0, 0.1) is 0 Å². The average molecular weight is 159 g/mol. The molecule has 0 bridgehead atoms. The average Bonchev–Trinajstić information content (AvgIpc) is 2.49. The van der Waals surface area contributed by atoms with Crippen molar-refractivity contribution in [3.8, 4) is 0 Å². The number of nitrogens with zero attached hydrogens (tertiary/aromatic N) is 3. The second-order valence-corrected chi connectivity index (χ2v) is 2.72. The van der Waals surface area contributed by atoms with E-state index in [-0.39, 0.29) is 0 Å². The van der Waals surface area contributed by atoms with Crippen LogP contribution in [0.3, 0.4) is 0 Å². The molecule has 0 saturated carbocycles. The molecule has 0 N–H and O–H groups in total. The van der Waals surface area contributed by atoms with Gasteiger partial charge in [-0.2, -0.15) is 5.10 Å². The van der Waals surface area contributed by atoms with E-state index < -0.39 is 0 Å². The van der Waals surface area contributed by atoms with Crippen molar-refractivity contribution in [2.24, 2.45) is 0 Å². The van der Waals surface area contributed by atoms with Crippen molar-refractivity contribution < 1.29 is 0 Å². The Morgan fingerprint density at radius 2 is 2.33 bits per heavy atom. The van der Waals surface area contributed by atoms with Gasteiger partial charge < -0.3 is 0 Å². The Morgan fingerprint density at radius 1 is 1.50 bits per heavy atom. The van der Waals surface area contributed by atoms with E-state index in [1.165, 1.54) is 0 Å². The normalized spacial score (nSPS) is 10.4. The Bertz CT molecular complexity index is 428. The summed E-state index contributed by atoms with van der Waals surface area (Å²) in [5, 5.41) is 4.10. The van der Waals surface area contributed by atoms with Crippen molar-refractivity contribution in [1.29, 1.82) is 0 Å². The molecule has 2 heterocycles. The third-order valence-corrected chi connectivity index (χ3v) is 1.75. The van der Waals surface area contributed by atoms with E-state index in [0.29, 0.717) is 0 Å². The molecule has 3 nitrogen and oxygen atoms in total. The molecule has 0 fully saturated rings. The van der Waals surface area contributed by atoms with Crippen molar-refractivity contribution in [1.82, 2.24) is 14.6 Å². The third kappa shape index (κ3) is 0.906. The topological polar surface area (TPSA) is 30.2 Å². The van der Waals surface area contributed by atoms with Crippen molar-refractivity contribution in [3.05, 3.63) is 36.8 Å². The Kier molecular flexibility index (Phi) is 1.43. The first-order valence-electron chi connectivity index (χ1n) is 3.73. The van der Waals surface area contributed by atoms with Crippen molar-refractivity contribution in [2.45, 2.75) is 6.92 Å². The van der Waals surface area contributed by atoms with Crippen LogP contribution in [0.1, 0.15) is 12.5 Å². The standard InChI is InChI=1S/C9H9N3/c1-7(2)8-3-4-11-12-6-5-10-9(8)12/h3-6H,1H2,2H3. The van der Waals surface area contributed by atoms with E-state index in [4.69, 9.17) is 0 Å². The number of fused-ring (bicyclic) bond motifs is 1. The van der Waals surface area contributed by atoms with Gasteiger partial charge in [0.2, 0.25) is 0 Å². The zero-order valence-electron chi connectivity index (χ0n) is 6.86. The molecule has 0 atom stereocenters. The highest BCUT2D eigenvalue weighted by Crippen LogP contribution is 2.14. The first-order chi connectivity index (χ1) is 5.79. The highest BCUT2D eigenvalue weighted by Gasteiger charge is 2.01. The van der Waals surface area contributed by atoms with Gasteiger partial charge in [0.15, 0.2) is 5.65 Å². The minimum absolute atomic E-state index is 0.866. The smallest absolute Gasteiger partial charge is 0.160 e. The summed E-state index contributed by atoms with van der Waals surface area (Å²) >= 11 is 0. The van der Waals surface area contributed by atoms with E-state index in [9.17, 15) is 0 Å². The minimum Gasteiger partial charge on any atom is -0.235 e. The monoisotopic (exact) mass is 159 g/mol. The molecule has 0 aliphatic heterocycles. The number of allylic oxidation sites excluding steroid dienone is 1. The Labute approximate surface area is 70.4 Å². The van der Waals surface area contributed by atoms with Gasteiger partial charge in [0.1, 0.15) is 0 Å². The van der Waals surface area contributed by atoms with Gasteiger partial charge in [0.05, 0.1) is 0 Å². The lowest BCUT2D eigenvalue weighted by molar-refractivity contribution is 0.932. The lowest BCUT2D eigenvalue weighted by Gasteiger charge is -1.99. The molecule has 0 saturated heterocycles. The van der Waals surface area contributed by atoms with Gasteiger partial charge in [-0.1, -0.05) is 6.58 Å². The Morgan fingerprint density at radius 3 is 3.08 bits per heavy atom.